The van der Waals surface area contributed by atoms with Crippen molar-refractivity contribution in [1.82, 2.24) is 15.1 Å². The summed E-state index contributed by atoms with van der Waals surface area (Å²) in [5, 5.41) is 13.2. The molecule has 4 unspecified atom stereocenters. The predicted octanol–water partition coefficient (Wildman–Crippen LogP) is 2.08. The number of carbonyl (C=O) groups is 4. The Hall–Kier alpha value is -2.94. The van der Waals surface area contributed by atoms with Gasteiger partial charge >= 0.3 is 0 Å². The molecule has 37 heavy (non-hydrogen) atoms. The lowest BCUT2D eigenvalue weighted by molar-refractivity contribution is -0.144. The Morgan fingerprint density at radius 2 is 1.65 bits per heavy atom. The number of fused-ring (bicyclic) bond motifs is 1. The third-order valence-electron chi connectivity index (χ3n) is 7.44. The average Bonchev–Trinajstić information content (AvgIpc) is 3.44. The van der Waals surface area contributed by atoms with Gasteiger partial charge in [0.2, 0.25) is 5.91 Å². The van der Waals surface area contributed by atoms with E-state index in [-0.39, 0.29) is 36.0 Å². The van der Waals surface area contributed by atoms with Crippen molar-refractivity contribution in [3.8, 4) is 0 Å². The summed E-state index contributed by atoms with van der Waals surface area (Å²) in [6.45, 7) is 13.5. The number of hydrogen-bond donors (Lipinski definition) is 2. The van der Waals surface area contributed by atoms with Crippen LogP contribution in [0.25, 0.3) is 0 Å². The number of anilines is 1. The summed E-state index contributed by atoms with van der Waals surface area (Å²) in [6, 6.07) is 5.36. The topological polar surface area (TPSA) is 110 Å². The van der Waals surface area contributed by atoms with Gasteiger partial charge < -0.3 is 25.1 Å². The van der Waals surface area contributed by atoms with E-state index < -0.39 is 30.1 Å². The molecule has 2 aliphatic heterocycles. The molecule has 2 fully saturated rings. The number of ketones is 1. The lowest BCUT2D eigenvalue weighted by Gasteiger charge is -2.29. The number of aliphatic hydroxyl groups excluding tert-OH is 1. The molecule has 9 nitrogen and oxygen atoms in total. The molecular weight excluding hydrogens is 472 g/mol. The summed E-state index contributed by atoms with van der Waals surface area (Å²) in [5.41, 5.74) is 1.49. The van der Waals surface area contributed by atoms with Crippen molar-refractivity contribution < 1.29 is 24.3 Å². The Morgan fingerprint density at radius 3 is 2.19 bits per heavy atom. The Kier molecular flexibility index (Phi) is 9.34. The Balaban J connectivity index is 1.75. The second kappa shape index (κ2) is 12.1. The number of benzene rings is 1. The molecule has 0 radical (unpaired) electrons. The minimum atomic E-state index is -1.18. The first-order chi connectivity index (χ1) is 17.5. The number of amides is 3. The molecule has 2 N–H and O–H groups in total. The maximum atomic E-state index is 13.7. The molecule has 0 spiro atoms. The van der Waals surface area contributed by atoms with E-state index in [4.69, 9.17) is 0 Å². The van der Waals surface area contributed by atoms with E-state index in [0.717, 1.165) is 18.8 Å². The van der Waals surface area contributed by atoms with Crippen LogP contribution < -0.4 is 10.2 Å². The molecule has 1 aromatic carbocycles. The van der Waals surface area contributed by atoms with E-state index in [1.807, 2.05) is 26.0 Å². The number of nitrogens with one attached hydrogen (secondary N) is 1. The van der Waals surface area contributed by atoms with Gasteiger partial charge in [0.25, 0.3) is 11.8 Å². The van der Waals surface area contributed by atoms with Gasteiger partial charge in [-0.3, -0.25) is 19.2 Å². The molecule has 2 saturated heterocycles. The molecular formula is C28H42N4O5. The number of likely N-dealkylation sites (tertiary alicyclic amines) is 2. The van der Waals surface area contributed by atoms with Crippen LogP contribution in [0.5, 0.6) is 0 Å². The lowest BCUT2D eigenvalue weighted by Crippen LogP contribution is -2.53. The van der Waals surface area contributed by atoms with Crippen molar-refractivity contribution in [2.45, 2.75) is 78.6 Å². The van der Waals surface area contributed by atoms with E-state index in [1.165, 1.54) is 9.80 Å². The quantitative estimate of drug-likeness (QED) is 0.495. The van der Waals surface area contributed by atoms with Crippen LogP contribution in [0, 0.1) is 11.8 Å². The smallest absolute Gasteiger partial charge is 0.252 e. The molecule has 0 saturated carbocycles. The third kappa shape index (κ3) is 6.14. The van der Waals surface area contributed by atoms with Crippen molar-refractivity contribution in [3.63, 3.8) is 0 Å². The van der Waals surface area contributed by atoms with Crippen LogP contribution in [0.2, 0.25) is 0 Å². The van der Waals surface area contributed by atoms with Crippen molar-refractivity contribution in [1.29, 1.82) is 0 Å². The first-order valence-electron chi connectivity index (χ1n) is 13.5. The fourth-order valence-corrected chi connectivity index (χ4v) is 5.36. The summed E-state index contributed by atoms with van der Waals surface area (Å²) in [5.74, 6) is -1.45. The van der Waals surface area contributed by atoms with E-state index in [0.29, 0.717) is 24.9 Å². The van der Waals surface area contributed by atoms with Gasteiger partial charge in [0.1, 0.15) is 18.2 Å². The van der Waals surface area contributed by atoms with E-state index in [9.17, 15) is 24.3 Å². The molecule has 0 aliphatic carbocycles. The van der Waals surface area contributed by atoms with Gasteiger partial charge in [-0.1, -0.05) is 27.7 Å². The van der Waals surface area contributed by atoms with Crippen molar-refractivity contribution in [2.24, 2.45) is 11.8 Å². The van der Waals surface area contributed by atoms with Gasteiger partial charge in [0.15, 0.2) is 5.78 Å². The maximum absolute atomic E-state index is 13.7. The minimum absolute atomic E-state index is 0.109. The predicted molar refractivity (Wildman–Crippen MR) is 142 cm³/mol. The number of carbonyl (C=O) groups excluding carboxylic acids is 4. The molecule has 2 aliphatic rings. The van der Waals surface area contributed by atoms with Crippen molar-refractivity contribution >= 4 is 29.2 Å². The zero-order valence-corrected chi connectivity index (χ0v) is 22.9. The van der Waals surface area contributed by atoms with Gasteiger partial charge in [-0.15, -0.1) is 0 Å². The first kappa shape index (κ1) is 28.6. The Labute approximate surface area is 220 Å². The normalized spacial score (nSPS) is 20.8. The second-order valence-electron chi connectivity index (χ2n) is 10.8. The molecule has 9 heteroatoms. The highest BCUT2D eigenvalue weighted by atomic mass is 16.3. The second-order valence-corrected chi connectivity index (χ2v) is 10.8. The molecule has 0 aromatic heterocycles. The number of nitrogens with zero attached hydrogens (tertiary/aromatic N) is 3. The molecule has 3 rings (SSSR count). The highest BCUT2D eigenvalue weighted by Crippen LogP contribution is 2.31. The molecule has 4 atom stereocenters. The highest BCUT2D eigenvalue weighted by molar-refractivity contribution is 6.01. The molecule has 204 valence electrons. The summed E-state index contributed by atoms with van der Waals surface area (Å²) < 4.78 is 0. The van der Waals surface area contributed by atoms with E-state index in [2.05, 4.69) is 24.1 Å². The number of hydrogen-bond acceptors (Lipinski definition) is 6. The van der Waals surface area contributed by atoms with Crippen LogP contribution in [-0.4, -0.2) is 88.8 Å². The Bertz CT molecular complexity index is 989. The molecule has 1 aromatic rings. The minimum Gasteiger partial charge on any atom is -0.383 e. The summed E-state index contributed by atoms with van der Waals surface area (Å²) in [7, 11) is 0. The van der Waals surface area contributed by atoms with E-state index >= 15 is 0 Å². The van der Waals surface area contributed by atoms with Gasteiger partial charge in [0.05, 0.1) is 12.6 Å². The van der Waals surface area contributed by atoms with Gasteiger partial charge in [-0.05, 0) is 62.8 Å². The van der Waals surface area contributed by atoms with Crippen LogP contribution in [0.1, 0.15) is 64.7 Å². The SMILES string of the molecule is CCN(CC)c1ccc(C(=O)NC(CC(C)C)C(=O)N2CCC3C2C(=O)CN3C(=O)C(O)C(C)C)cc1. The standard InChI is InChI=1S/C28H42N4O5/c1-7-30(8-2)20-11-9-19(10-12-20)26(35)29-21(15-17(3)4)27(36)31-14-13-22-24(31)23(33)16-32(22)28(37)25(34)18(5)6/h9-12,17-18,21-22,24-25,34H,7-8,13-16H2,1-6H3,(H,29,35). The van der Waals surface area contributed by atoms with Crippen molar-refractivity contribution in [2.75, 3.05) is 31.1 Å². The Morgan fingerprint density at radius 1 is 1.03 bits per heavy atom. The van der Waals surface area contributed by atoms with Crippen LogP contribution >= 0.6 is 0 Å². The van der Waals surface area contributed by atoms with Crippen molar-refractivity contribution in [3.05, 3.63) is 29.8 Å². The summed E-state index contributed by atoms with van der Waals surface area (Å²) in [6.07, 6.45) is -0.287. The van der Waals surface area contributed by atoms with Crippen LogP contribution in [0.3, 0.4) is 0 Å². The van der Waals surface area contributed by atoms with Crippen LogP contribution in [0.4, 0.5) is 5.69 Å². The fraction of sp³-hybridized carbons (Fsp3) is 0.643. The molecule has 3 amide bonds. The summed E-state index contributed by atoms with van der Waals surface area (Å²) in [4.78, 5) is 57.7. The van der Waals surface area contributed by atoms with E-state index in [1.54, 1.807) is 26.0 Å². The van der Waals surface area contributed by atoms with Crippen LogP contribution in [-0.2, 0) is 14.4 Å². The third-order valence-corrected chi connectivity index (χ3v) is 7.44. The number of aliphatic hydroxyl groups is 1. The van der Waals surface area contributed by atoms with Crippen LogP contribution in [0.15, 0.2) is 24.3 Å². The van der Waals surface area contributed by atoms with Gasteiger partial charge in [0, 0.05) is 30.9 Å². The first-order valence-corrected chi connectivity index (χ1v) is 13.5. The lowest BCUT2D eigenvalue weighted by atomic mass is 10.0. The monoisotopic (exact) mass is 514 g/mol. The average molecular weight is 515 g/mol. The van der Waals surface area contributed by atoms with Gasteiger partial charge in [-0.2, -0.15) is 0 Å². The highest BCUT2D eigenvalue weighted by Gasteiger charge is 2.53. The molecule has 2 heterocycles. The van der Waals surface area contributed by atoms with Gasteiger partial charge in [-0.25, -0.2) is 0 Å². The zero-order chi connectivity index (χ0) is 27.4. The molecule has 0 bridgehead atoms. The summed E-state index contributed by atoms with van der Waals surface area (Å²) >= 11 is 0. The largest absolute Gasteiger partial charge is 0.383 e. The maximum Gasteiger partial charge on any atom is 0.252 e. The zero-order valence-electron chi connectivity index (χ0n) is 22.9. The fourth-order valence-electron chi connectivity index (χ4n) is 5.36. The number of Topliss-reactive ketones (excluding diaryl/α,β-unsaturated/α-hetero) is 1. The number of rotatable bonds is 10.